The van der Waals surface area contributed by atoms with Crippen LogP contribution in [0.15, 0.2) is 24.3 Å². The lowest BCUT2D eigenvalue weighted by Gasteiger charge is -2.43. The van der Waals surface area contributed by atoms with Crippen LogP contribution in [0.3, 0.4) is 0 Å². The summed E-state index contributed by atoms with van der Waals surface area (Å²) in [7, 11) is 0. The Kier molecular flexibility index (Phi) is 5.97. The highest BCUT2D eigenvalue weighted by Crippen LogP contribution is 2.33. The molecule has 2 aliphatic heterocycles. The van der Waals surface area contributed by atoms with E-state index in [0.717, 1.165) is 44.2 Å². The van der Waals surface area contributed by atoms with Crippen LogP contribution in [-0.2, 0) is 9.53 Å². The molecule has 0 saturated carbocycles. The Balaban J connectivity index is 1.51. The molecule has 2 heterocycles. The van der Waals surface area contributed by atoms with E-state index in [9.17, 15) is 9.18 Å². The van der Waals surface area contributed by atoms with Crippen molar-refractivity contribution in [3.63, 3.8) is 0 Å². The molecule has 0 spiro atoms. The van der Waals surface area contributed by atoms with Crippen LogP contribution in [-0.4, -0.2) is 67.3 Å². The van der Waals surface area contributed by atoms with E-state index in [0.29, 0.717) is 6.54 Å². The molecule has 2 fully saturated rings. The van der Waals surface area contributed by atoms with Gasteiger partial charge in [-0.25, -0.2) is 4.39 Å². The summed E-state index contributed by atoms with van der Waals surface area (Å²) >= 11 is 1.92. The molecular formula is C17H23FN2O3S. The Hall–Kier alpha value is -1.31. The maximum absolute atomic E-state index is 13.5. The summed E-state index contributed by atoms with van der Waals surface area (Å²) in [5.41, 5.74) is 0.00209. The van der Waals surface area contributed by atoms with Crippen molar-refractivity contribution in [1.82, 2.24) is 10.2 Å². The molecule has 1 aromatic carbocycles. The van der Waals surface area contributed by atoms with E-state index >= 15 is 0 Å². The molecule has 0 bridgehead atoms. The standard InChI is InChI=1S/C17H23FN2O3S/c18-14-3-1-2-4-15(14)23-11-16(21)19-12-17(5-10-24-13-17)20-6-8-22-9-7-20/h1-4H,5-13H2,(H,19,21). The summed E-state index contributed by atoms with van der Waals surface area (Å²) in [6.07, 6.45) is 1.06. The second-order valence-electron chi connectivity index (χ2n) is 6.12. The van der Waals surface area contributed by atoms with E-state index in [1.165, 1.54) is 12.1 Å². The van der Waals surface area contributed by atoms with Crippen LogP contribution < -0.4 is 10.1 Å². The average molecular weight is 354 g/mol. The number of rotatable bonds is 6. The zero-order valence-corrected chi connectivity index (χ0v) is 14.4. The molecule has 3 rings (SSSR count). The van der Waals surface area contributed by atoms with Crippen molar-refractivity contribution in [1.29, 1.82) is 0 Å². The minimum atomic E-state index is -0.456. The predicted molar refractivity (Wildman–Crippen MR) is 92.0 cm³/mol. The molecule has 0 aliphatic carbocycles. The first kappa shape index (κ1) is 17.5. The maximum Gasteiger partial charge on any atom is 0.258 e. The fourth-order valence-corrected chi connectivity index (χ4v) is 4.63. The van der Waals surface area contributed by atoms with Crippen molar-refractivity contribution in [2.45, 2.75) is 12.0 Å². The topological polar surface area (TPSA) is 50.8 Å². The number of amides is 1. The zero-order chi connectivity index (χ0) is 16.8. The molecule has 2 aliphatic rings. The van der Waals surface area contributed by atoms with E-state index in [2.05, 4.69) is 10.2 Å². The first-order chi connectivity index (χ1) is 11.7. The fourth-order valence-electron chi connectivity index (χ4n) is 3.15. The Morgan fingerprint density at radius 3 is 2.88 bits per heavy atom. The quantitative estimate of drug-likeness (QED) is 0.840. The number of carbonyl (C=O) groups is 1. The molecular weight excluding hydrogens is 331 g/mol. The number of ether oxygens (including phenoxy) is 2. The lowest BCUT2D eigenvalue weighted by molar-refractivity contribution is -0.124. The Morgan fingerprint density at radius 2 is 2.17 bits per heavy atom. The van der Waals surface area contributed by atoms with Gasteiger partial charge in [0.1, 0.15) is 0 Å². The van der Waals surface area contributed by atoms with Crippen molar-refractivity contribution >= 4 is 17.7 Å². The summed E-state index contributed by atoms with van der Waals surface area (Å²) in [6.45, 7) is 3.73. The summed E-state index contributed by atoms with van der Waals surface area (Å²) in [5, 5.41) is 2.97. The average Bonchev–Trinajstić information content (AvgIpc) is 3.10. The van der Waals surface area contributed by atoms with Gasteiger partial charge in [-0.15, -0.1) is 0 Å². The van der Waals surface area contributed by atoms with Crippen molar-refractivity contribution < 1.29 is 18.7 Å². The molecule has 24 heavy (non-hydrogen) atoms. The molecule has 5 nitrogen and oxygen atoms in total. The number of carbonyl (C=O) groups excluding carboxylic acids is 1. The Labute approximate surface area is 145 Å². The highest BCUT2D eigenvalue weighted by molar-refractivity contribution is 7.99. The minimum Gasteiger partial charge on any atom is -0.481 e. The van der Waals surface area contributed by atoms with Crippen molar-refractivity contribution in [3.05, 3.63) is 30.1 Å². The van der Waals surface area contributed by atoms with Gasteiger partial charge < -0.3 is 14.8 Å². The highest BCUT2D eigenvalue weighted by atomic mass is 32.2. The molecule has 1 N–H and O–H groups in total. The minimum absolute atomic E-state index is 0.00209. The zero-order valence-electron chi connectivity index (χ0n) is 13.6. The number of thioether (sulfide) groups is 1. The van der Waals surface area contributed by atoms with Crippen LogP contribution >= 0.6 is 11.8 Å². The van der Waals surface area contributed by atoms with Crippen LogP contribution in [0.25, 0.3) is 0 Å². The predicted octanol–water partition coefficient (Wildman–Crippen LogP) is 1.53. The molecule has 1 amide bonds. The third kappa shape index (κ3) is 4.20. The van der Waals surface area contributed by atoms with Crippen LogP contribution in [0, 0.1) is 5.82 Å². The SMILES string of the molecule is O=C(COc1ccccc1F)NCC1(N2CCOCC2)CCSC1. The van der Waals surface area contributed by atoms with Crippen LogP contribution in [0.4, 0.5) is 4.39 Å². The Bertz CT molecular complexity index is 561. The highest BCUT2D eigenvalue weighted by Gasteiger charge is 2.40. The van der Waals surface area contributed by atoms with Crippen LogP contribution in [0.1, 0.15) is 6.42 Å². The molecule has 0 radical (unpaired) electrons. The van der Waals surface area contributed by atoms with E-state index in [4.69, 9.17) is 9.47 Å². The van der Waals surface area contributed by atoms with Gasteiger partial charge in [0.05, 0.1) is 13.2 Å². The van der Waals surface area contributed by atoms with E-state index < -0.39 is 5.82 Å². The van der Waals surface area contributed by atoms with Gasteiger partial charge in [-0.2, -0.15) is 11.8 Å². The summed E-state index contributed by atoms with van der Waals surface area (Å²) < 4.78 is 24.2. The first-order valence-electron chi connectivity index (χ1n) is 8.24. The van der Waals surface area contributed by atoms with E-state index in [1.807, 2.05) is 11.8 Å². The number of hydrogen-bond acceptors (Lipinski definition) is 5. The van der Waals surface area contributed by atoms with Gasteiger partial charge in [0.2, 0.25) is 0 Å². The third-order valence-corrected chi connectivity index (χ3v) is 5.81. The molecule has 1 unspecified atom stereocenters. The van der Waals surface area contributed by atoms with Gasteiger partial charge in [0.25, 0.3) is 5.91 Å². The van der Waals surface area contributed by atoms with Gasteiger partial charge in [-0.1, -0.05) is 12.1 Å². The molecule has 1 atom stereocenters. The number of para-hydroxylation sites is 1. The van der Waals surface area contributed by atoms with Crippen molar-refractivity contribution in [3.8, 4) is 5.75 Å². The number of benzene rings is 1. The first-order valence-corrected chi connectivity index (χ1v) is 9.40. The summed E-state index contributed by atoms with van der Waals surface area (Å²) in [6, 6.07) is 6.10. The second kappa shape index (κ2) is 8.18. The lowest BCUT2D eigenvalue weighted by Crippen LogP contribution is -2.59. The second-order valence-corrected chi connectivity index (χ2v) is 7.23. The van der Waals surface area contributed by atoms with E-state index in [1.54, 1.807) is 12.1 Å². The van der Waals surface area contributed by atoms with Gasteiger partial charge in [-0.05, 0) is 24.3 Å². The van der Waals surface area contributed by atoms with Gasteiger partial charge >= 0.3 is 0 Å². The maximum atomic E-state index is 13.5. The molecule has 1 aromatic rings. The smallest absolute Gasteiger partial charge is 0.258 e. The van der Waals surface area contributed by atoms with Crippen LogP contribution in [0.2, 0.25) is 0 Å². The van der Waals surface area contributed by atoms with Gasteiger partial charge in [-0.3, -0.25) is 9.69 Å². The van der Waals surface area contributed by atoms with Gasteiger partial charge in [0, 0.05) is 30.9 Å². The summed E-state index contributed by atoms with van der Waals surface area (Å²) in [5.74, 6) is 1.55. The Morgan fingerprint density at radius 1 is 1.38 bits per heavy atom. The number of halogens is 1. The normalized spacial score (nSPS) is 24.7. The molecule has 2 saturated heterocycles. The third-order valence-electron chi connectivity index (χ3n) is 4.57. The van der Waals surface area contributed by atoms with E-state index in [-0.39, 0.29) is 23.8 Å². The number of nitrogens with one attached hydrogen (secondary N) is 1. The van der Waals surface area contributed by atoms with Crippen molar-refractivity contribution in [2.75, 3.05) is 51.0 Å². The molecule has 132 valence electrons. The molecule has 0 aromatic heterocycles. The number of morpholine rings is 1. The fraction of sp³-hybridized carbons (Fsp3) is 0.588. The number of hydrogen-bond donors (Lipinski definition) is 1. The summed E-state index contributed by atoms with van der Waals surface area (Å²) in [4.78, 5) is 14.5. The number of nitrogens with zero attached hydrogens (tertiary/aromatic N) is 1. The molecule has 7 heteroatoms. The monoisotopic (exact) mass is 354 g/mol. The lowest BCUT2D eigenvalue weighted by atomic mass is 9.95. The largest absolute Gasteiger partial charge is 0.481 e. The van der Waals surface area contributed by atoms with Crippen LogP contribution in [0.5, 0.6) is 5.75 Å². The van der Waals surface area contributed by atoms with Crippen molar-refractivity contribution in [2.24, 2.45) is 0 Å². The van der Waals surface area contributed by atoms with Gasteiger partial charge in [0.15, 0.2) is 18.2 Å².